The Morgan fingerprint density at radius 1 is 0.786 bits per heavy atom. The van der Waals surface area contributed by atoms with Crippen molar-refractivity contribution in [3.8, 4) is 0 Å². The molecule has 0 N–H and O–H groups in total. The molecule has 72 valence electrons. The highest BCUT2D eigenvalue weighted by molar-refractivity contribution is 7.79. The second kappa shape index (κ2) is 4.28. The number of hydrogen-bond acceptors (Lipinski definition) is 2. The molecule has 0 saturated carbocycles. The Morgan fingerprint density at radius 2 is 1.29 bits per heavy atom. The van der Waals surface area contributed by atoms with Crippen LogP contribution >= 0.6 is 25.3 Å². The number of hydrogen-bond donors (Lipinski definition) is 2. The van der Waals surface area contributed by atoms with Gasteiger partial charge in [0, 0.05) is 11.5 Å². The zero-order chi connectivity index (χ0) is 9.97. The van der Waals surface area contributed by atoms with Crippen LogP contribution in [0.3, 0.4) is 0 Å². The highest BCUT2D eigenvalue weighted by Crippen LogP contribution is 2.25. The summed E-state index contributed by atoms with van der Waals surface area (Å²) in [4.78, 5) is 0. The monoisotopic (exact) mass is 220 g/mol. The minimum Gasteiger partial charge on any atom is -0.175 e. The Morgan fingerprint density at radius 3 is 1.71 bits per heavy atom. The van der Waals surface area contributed by atoms with Crippen molar-refractivity contribution in [2.45, 2.75) is 11.5 Å². The molecule has 0 amide bonds. The first-order valence-corrected chi connectivity index (χ1v) is 5.84. The van der Waals surface area contributed by atoms with Crippen molar-refractivity contribution in [2.75, 3.05) is 0 Å². The summed E-state index contributed by atoms with van der Waals surface area (Å²) in [5.74, 6) is 1.56. The third kappa shape index (κ3) is 1.64. The van der Waals surface area contributed by atoms with Gasteiger partial charge in [0.1, 0.15) is 0 Å². The predicted octanol–water partition coefficient (Wildman–Crippen LogP) is 3.70. The van der Waals surface area contributed by atoms with Crippen LogP contribution in [0, 0.1) is 0 Å². The Kier molecular flexibility index (Phi) is 3.04. The van der Waals surface area contributed by atoms with Gasteiger partial charge in [-0.2, -0.15) is 25.3 Å². The normalized spacial score (nSPS) is 10.7. The van der Waals surface area contributed by atoms with E-state index in [1.165, 1.54) is 21.9 Å². The molecule has 2 aromatic carbocycles. The van der Waals surface area contributed by atoms with Crippen LogP contribution in [0.5, 0.6) is 0 Å². The van der Waals surface area contributed by atoms with E-state index in [4.69, 9.17) is 0 Å². The SMILES string of the molecule is SCc1cccc2cccc(CS)c12. The number of fused-ring (bicyclic) bond motifs is 1. The van der Waals surface area contributed by atoms with E-state index in [1.807, 2.05) is 0 Å². The van der Waals surface area contributed by atoms with Crippen molar-refractivity contribution in [2.24, 2.45) is 0 Å². The van der Waals surface area contributed by atoms with Crippen molar-refractivity contribution in [3.05, 3.63) is 47.5 Å². The van der Waals surface area contributed by atoms with Crippen molar-refractivity contribution in [1.29, 1.82) is 0 Å². The van der Waals surface area contributed by atoms with Gasteiger partial charge in [-0.05, 0) is 21.9 Å². The molecule has 0 radical (unpaired) electrons. The summed E-state index contributed by atoms with van der Waals surface area (Å²) in [7, 11) is 0. The maximum atomic E-state index is 4.35. The van der Waals surface area contributed by atoms with Gasteiger partial charge < -0.3 is 0 Å². The summed E-state index contributed by atoms with van der Waals surface area (Å²) in [6.45, 7) is 0. The fourth-order valence-corrected chi connectivity index (χ4v) is 2.29. The number of benzene rings is 2. The molecule has 0 nitrogen and oxygen atoms in total. The molecule has 0 heterocycles. The van der Waals surface area contributed by atoms with Gasteiger partial charge in [-0.15, -0.1) is 0 Å². The summed E-state index contributed by atoms with van der Waals surface area (Å²) in [5, 5.41) is 2.60. The molecule has 0 aliphatic rings. The van der Waals surface area contributed by atoms with E-state index in [2.05, 4.69) is 61.7 Å². The van der Waals surface area contributed by atoms with E-state index in [-0.39, 0.29) is 0 Å². The Labute approximate surface area is 95.2 Å². The second-order valence-corrected chi connectivity index (χ2v) is 3.88. The minimum absolute atomic E-state index is 0.780. The largest absolute Gasteiger partial charge is 0.175 e. The van der Waals surface area contributed by atoms with Crippen LogP contribution < -0.4 is 0 Å². The van der Waals surface area contributed by atoms with Crippen LogP contribution in [0.25, 0.3) is 10.8 Å². The molecule has 2 rings (SSSR count). The van der Waals surface area contributed by atoms with E-state index in [1.54, 1.807) is 0 Å². The van der Waals surface area contributed by atoms with Crippen LogP contribution in [-0.4, -0.2) is 0 Å². The maximum absolute atomic E-state index is 4.35. The van der Waals surface area contributed by atoms with E-state index in [9.17, 15) is 0 Å². The van der Waals surface area contributed by atoms with Gasteiger partial charge in [0.2, 0.25) is 0 Å². The van der Waals surface area contributed by atoms with E-state index in [0.29, 0.717) is 0 Å². The number of rotatable bonds is 2. The molecule has 0 aliphatic carbocycles. The molecule has 0 fully saturated rings. The summed E-state index contributed by atoms with van der Waals surface area (Å²) < 4.78 is 0. The Balaban J connectivity index is 2.81. The van der Waals surface area contributed by atoms with Gasteiger partial charge in [0.05, 0.1) is 0 Å². The van der Waals surface area contributed by atoms with Crippen molar-refractivity contribution < 1.29 is 0 Å². The fourth-order valence-electron chi connectivity index (χ4n) is 1.77. The van der Waals surface area contributed by atoms with Gasteiger partial charge in [-0.25, -0.2) is 0 Å². The topological polar surface area (TPSA) is 0 Å². The van der Waals surface area contributed by atoms with Gasteiger partial charge in [0.15, 0.2) is 0 Å². The smallest absolute Gasteiger partial charge is 0.0160 e. The van der Waals surface area contributed by atoms with Crippen molar-refractivity contribution in [1.82, 2.24) is 0 Å². The molecule has 2 heteroatoms. The standard InChI is InChI=1S/C12H12S2/c13-7-10-5-1-3-9-4-2-6-11(8-14)12(9)10/h1-6,13-14H,7-8H2. The van der Waals surface area contributed by atoms with E-state index >= 15 is 0 Å². The molecule has 0 bridgehead atoms. The fraction of sp³-hybridized carbons (Fsp3) is 0.167. The number of thiol groups is 2. The van der Waals surface area contributed by atoms with Gasteiger partial charge >= 0.3 is 0 Å². The lowest BCUT2D eigenvalue weighted by molar-refractivity contribution is 1.41. The summed E-state index contributed by atoms with van der Waals surface area (Å²) in [6, 6.07) is 12.7. The summed E-state index contributed by atoms with van der Waals surface area (Å²) in [6.07, 6.45) is 0. The lowest BCUT2D eigenvalue weighted by Crippen LogP contribution is -1.87. The molecule has 0 spiro atoms. The molecule has 0 aromatic heterocycles. The highest BCUT2D eigenvalue weighted by Gasteiger charge is 2.03. The first-order valence-electron chi connectivity index (χ1n) is 4.58. The zero-order valence-electron chi connectivity index (χ0n) is 7.77. The summed E-state index contributed by atoms with van der Waals surface area (Å²) >= 11 is 8.69. The highest BCUT2D eigenvalue weighted by atomic mass is 32.1. The van der Waals surface area contributed by atoms with E-state index in [0.717, 1.165) is 11.5 Å². The lowest BCUT2D eigenvalue weighted by Gasteiger charge is -2.08. The zero-order valence-corrected chi connectivity index (χ0v) is 9.56. The molecule has 14 heavy (non-hydrogen) atoms. The average molecular weight is 220 g/mol. The third-order valence-electron chi connectivity index (χ3n) is 2.42. The van der Waals surface area contributed by atoms with Crippen LogP contribution in [0.2, 0.25) is 0 Å². The Bertz CT molecular complexity index is 410. The van der Waals surface area contributed by atoms with Crippen LogP contribution in [0.4, 0.5) is 0 Å². The van der Waals surface area contributed by atoms with Crippen molar-refractivity contribution in [3.63, 3.8) is 0 Å². The average Bonchev–Trinajstić information content (AvgIpc) is 2.27. The lowest BCUT2D eigenvalue weighted by atomic mass is 10.0. The second-order valence-electron chi connectivity index (χ2n) is 3.25. The van der Waals surface area contributed by atoms with Gasteiger partial charge in [-0.1, -0.05) is 36.4 Å². The van der Waals surface area contributed by atoms with Crippen molar-refractivity contribution >= 4 is 36.0 Å². The first-order chi connectivity index (χ1) is 6.86. The van der Waals surface area contributed by atoms with Gasteiger partial charge in [0.25, 0.3) is 0 Å². The van der Waals surface area contributed by atoms with Crippen LogP contribution in [0.15, 0.2) is 36.4 Å². The molecular weight excluding hydrogens is 208 g/mol. The molecular formula is C12H12S2. The van der Waals surface area contributed by atoms with Gasteiger partial charge in [-0.3, -0.25) is 0 Å². The van der Waals surface area contributed by atoms with E-state index < -0.39 is 0 Å². The molecule has 0 unspecified atom stereocenters. The van der Waals surface area contributed by atoms with Crippen LogP contribution in [-0.2, 0) is 11.5 Å². The molecule has 2 aromatic rings. The summed E-state index contributed by atoms with van der Waals surface area (Å²) in [5.41, 5.74) is 2.57. The first kappa shape index (κ1) is 9.94. The predicted molar refractivity (Wildman–Crippen MR) is 69.3 cm³/mol. The molecule has 0 atom stereocenters. The quantitative estimate of drug-likeness (QED) is 0.708. The van der Waals surface area contributed by atoms with Crippen LogP contribution in [0.1, 0.15) is 11.1 Å². The third-order valence-corrected chi connectivity index (χ3v) is 3.10. The maximum Gasteiger partial charge on any atom is 0.0160 e. The molecule has 0 aliphatic heterocycles. The minimum atomic E-state index is 0.780. The molecule has 0 saturated heterocycles. The Hall–Kier alpha value is -0.600.